The molecule has 2 saturated carbocycles. The Morgan fingerprint density at radius 2 is 2.23 bits per heavy atom. The van der Waals surface area contributed by atoms with E-state index in [9.17, 15) is 10.1 Å². The standard InChI is InChI=1S/C10H15NO2/c1-10(2)8-4-3-7(5-8)9(10)6-11(12)13/h6-8H,3-5H2,1-2H3/b9-6+/t7-,8+/m1/s1. The first kappa shape index (κ1) is 8.73. The van der Waals surface area contributed by atoms with Gasteiger partial charge in [-0.2, -0.15) is 0 Å². The van der Waals surface area contributed by atoms with Crippen molar-refractivity contribution in [2.24, 2.45) is 17.3 Å². The fourth-order valence-electron chi connectivity index (χ4n) is 3.07. The predicted octanol–water partition coefficient (Wildman–Crippen LogP) is 2.60. The molecule has 0 radical (unpaired) electrons. The molecule has 2 atom stereocenters. The van der Waals surface area contributed by atoms with Gasteiger partial charge >= 0.3 is 0 Å². The highest BCUT2D eigenvalue weighted by Gasteiger charge is 2.50. The number of nitro groups is 1. The quantitative estimate of drug-likeness (QED) is 0.461. The molecule has 3 heteroatoms. The van der Waals surface area contributed by atoms with Crippen molar-refractivity contribution in [1.82, 2.24) is 0 Å². The molecule has 0 aromatic rings. The topological polar surface area (TPSA) is 43.1 Å². The number of nitrogens with zero attached hydrogens (tertiary/aromatic N) is 1. The Balaban J connectivity index is 2.34. The summed E-state index contributed by atoms with van der Waals surface area (Å²) in [6.07, 6.45) is 4.84. The normalized spacial score (nSPS) is 38.5. The molecule has 2 bridgehead atoms. The minimum atomic E-state index is -0.294. The van der Waals surface area contributed by atoms with Crippen LogP contribution < -0.4 is 0 Å². The Morgan fingerprint density at radius 3 is 2.69 bits per heavy atom. The fourth-order valence-corrected chi connectivity index (χ4v) is 3.07. The van der Waals surface area contributed by atoms with Gasteiger partial charge < -0.3 is 0 Å². The maximum absolute atomic E-state index is 10.4. The zero-order valence-corrected chi connectivity index (χ0v) is 8.12. The van der Waals surface area contributed by atoms with Crippen molar-refractivity contribution in [3.63, 3.8) is 0 Å². The molecule has 0 heterocycles. The monoisotopic (exact) mass is 181 g/mol. The van der Waals surface area contributed by atoms with E-state index in [-0.39, 0.29) is 10.3 Å². The van der Waals surface area contributed by atoms with Gasteiger partial charge in [0, 0.05) is 5.57 Å². The molecular weight excluding hydrogens is 166 g/mol. The van der Waals surface area contributed by atoms with E-state index in [0.29, 0.717) is 11.8 Å². The molecule has 0 spiro atoms. The van der Waals surface area contributed by atoms with Gasteiger partial charge in [-0.3, -0.25) is 10.1 Å². The summed E-state index contributed by atoms with van der Waals surface area (Å²) >= 11 is 0. The Morgan fingerprint density at radius 1 is 1.54 bits per heavy atom. The van der Waals surface area contributed by atoms with Gasteiger partial charge in [0.05, 0.1) is 4.92 Å². The molecule has 13 heavy (non-hydrogen) atoms. The summed E-state index contributed by atoms with van der Waals surface area (Å²) in [6.45, 7) is 4.29. The van der Waals surface area contributed by atoms with Gasteiger partial charge in [-0.25, -0.2) is 0 Å². The second-order valence-electron chi connectivity index (χ2n) is 4.80. The number of allylic oxidation sites excluding steroid dienone is 1. The minimum Gasteiger partial charge on any atom is -0.259 e. The van der Waals surface area contributed by atoms with Crippen molar-refractivity contribution < 1.29 is 4.92 Å². The first-order valence-electron chi connectivity index (χ1n) is 4.87. The first-order valence-corrected chi connectivity index (χ1v) is 4.87. The molecule has 0 aliphatic heterocycles. The first-order chi connectivity index (χ1) is 6.01. The molecule has 2 rings (SSSR count). The lowest BCUT2D eigenvalue weighted by Crippen LogP contribution is -2.23. The van der Waals surface area contributed by atoms with Gasteiger partial charge in [-0.15, -0.1) is 0 Å². The van der Waals surface area contributed by atoms with Crippen LogP contribution in [0.25, 0.3) is 0 Å². The van der Waals surface area contributed by atoms with E-state index in [1.54, 1.807) is 0 Å². The van der Waals surface area contributed by atoms with Crippen LogP contribution in [0.4, 0.5) is 0 Å². The number of hydrogen-bond donors (Lipinski definition) is 0. The maximum atomic E-state index is 10.4. The minimum absolute atomic E-state index is 0.0794. The third kappa shape index (κ3) is 1.18. The lowest BCUT2D eigenvalue weighted by molar-refractivity contribution is -0.404. The molecular formula is C10H15NO2. The van der Waals surface area contributed by atoms with Gasteiger partial charge in [0.1, 0.15) is 0 Å². The average molecular weight is 181 g/mol. The van der Waals surface area contributed by atoms with Crippen LogP contribution in [0.3, 0.4) is 0 Å². The molecule has 0 N–H and O–H groups in total. The molecule has 0 unspecified atom stereocenters. The average Bonchev–Trinajstić information content (AvgIpc) is 2.53. The van der Waals surface area contributed by atoms with Crippen molar-refractivity contribution in [3.8, 4) is 0 Å². The van der Waals surface area contributed by atoms with E-state index in [2.05, 4.69) is 13.8 Å². The van der Waals surface area contributed by atoms with Crippen LogP contribution in [0.15, 0.2) is 11.8 Å². The molecule has 0 aromatic heterocycles. The molecule has 0 amide bonds. The van der Waals surface area contributed by atoms with E-state index >= 15 is 0 Å². The molecule has 2 fully saturated rings. The Labute approximate surface area is 78.0 Å². The summed E-state index contributed by atoms with van der Waals surface area (Å²) in [4.78, 5) is 10.2. The van der Waals surface area contributed by atoms with Crippen LogP contribution in [-0.2, 0) is 0 Å². The van der Waals surface area contributed by atoms with E-state index in [1.165, 1.54) is 19.0 Å². The molecule has 2 aliphatic rings. The Bertz CT molecular complexity index is 281. The van der Waals surface area contributed by atoms with Crippen LogP contribution >= 0.6 is 0 Å². The third-order valence-electron chi connectivity index (χ3n) is 3.88. The summed E-state index contributed by atoms with van der Waals surface area (Å²) in [5, 5.41) is 10.4. The van der Waals surface area contributed by atoms with Gasteiger partial charge in [0.2, 0.25) is 6.20 Å². The van der Waals surface area contributed by atoms with Gasteiger partial charge in [-0.1, -0.05) is 13.8 Å². The highest BCUT2D eigenvalue weighted by atomic mass is 16.6. The summed E-state index contributed by atoms with van der Waals surface area (Å²) in [5.74, 6) is 1.19. The highest BCUT2D eigenvalue weighted by molar-refractivity contribution is 5.24. The van der Waals surface area contributed by atoms with Crippen LogP contribution in [0, 0.1) is 27.4 Å². The summed E-state index contributed by atoms with van der Waals surface area (Å²) in [7, 11) is 0. The summed E-state index contributed by atoms with van der Waals surface area (Å²) < 4.78 is 0. The van der Waals surface area contributed by atoms with Crippen molar-refractivity contribution in [1.29, 1.82) is 0 Å². The lowest BCUT2D eigenvalue weighted by atomic mass is 9.73. The molecule has 3 nitrogen and oxygen atoms in total. The van der Waals surface area contributed by atoms with Crippen LogP contribution in [0.5, 0.6) is 0 Å². The van der Waals surface area contributed by atoms with Crippen molar-refractivity contribution in [3.05, 3.63) is 21.9 Å². The maximum Gasteiger partial charge on any atom is 0.234 e. The van der Waals surface area contributed by atoms with E-state index in [4.69, 9.17) is 0 Å². The van der Waals surface area contributed by atoms with Crippen molar-refractivity contribution in [2.75, 3.05) is 0 Å². The number of hydrogen-bond acceptors (Lipinski definition) is 2. The fraction of sp³-hybridized carbons (Fsp3) is 0.800. The zero-order valence-electron chi connectivity index (χ0n) is 8.12. The number of fused-ring (bicyclic) bond motifs is 2. The smallest absolute Gasteiger partial charge is 0.234 e. The second kappa shape index (κ2) is 2.56. The van der Waals surface area contributed by atoms with E-state index in [0.717, 1.165) is 12.0 Å². The van der Waals surface area contributed by atoms with Crippen LogP contribution in [0.1, 0.15) is 33.1 Å². The molecule has 0 saturated heterocycles. The molecule has 72 valence electrons. The SMILES string of the molecule is CC1(C)/C(=C/[N+](=O)[O-])[C@@H]2CC[C@H]1C2. The summed E-state index contributed by atoms with van der Waals surface area (Å²) in [6, 6.07) is 0. The largest absolute Gasteiger partial charge is 0.259 e. The van der Waals surface area contributed by atoms with Crippen LogP contribution in [-0.4, -0.2) is 4.92 Å². The number of rotatable bonds is 1. The third-order valence-corrected chi connectivity index (χ3v) is 3.88. The Kier molecular flexibility index (Phi) is 1.72. The highest BCUT2D eigenvalue weighted by Crippen LogP contribution is 2.58. The second-order valence-corrected chi connectivity index (χ2v) is 4.80. The van der Waals surface area contributed by atoms with E-state index in [1.807, 2.05) is 0 Å². The van der Waals surface area contributed by atoms with Gasteiger partial charge in [-0.05, 0) is 36.5 Å². The zero-order chi connectivity index (χ0) is 9.64. The lowest BCUT2D eigenvalue weighted by Gasteiger charge is -2.30. The summed E-state index contributed by atoms with van der Waals surface area (Å²) in [5.41, 5.74) is 1.16. The molecule has 0 aromatic carbocycles. The van der Waals surface area contributed by atoms with Gasteiger partial charge in [0.25, 0.3) is 0 Å². The van der Waals surface area contributed by atoms with Crippen molar-refractivity contribution >= 4 is 0 Å². The molecule has 2 aliphatic carbocycles. The van der Waals surface area contributed by atoms with Crippen molar-refractivity contribution in [2.45, 2.75) is 33.1 Å². The van der Waals surface area contributed by atoms with Crippen LogP contribution in [0.2, 0.25) is 0 Å². The predicted molar refractivity (Wildman–Crippen MR) is 49.7 cm³/mol. The Hall–Kier alpha value is -0.860. The van der Waals surface area contributed by atoms with Gasteiger partial charge in [0.15, 0.2) is 0 Å². The van der Waals surface area contributed by atoms with E-state index < -0.39 is 0 Å².